The Morgan fingerprint density at radius 1 is 1.23 bits per heavy atom. The minimum atomic E-state index is -0.402. The molecule has 1 aliphatic carbocycles. The van der Waals surface area contributed by atoms with E-state index in [1.54, 1.807) is 0 Å². The van der Waals surface area contributed by atoms with E-state index < -0.39 is 5.60 Å². The highest BCUT2D eigenvalue weighted by atomic mass is 16.6. The number of hydrogen-bond acceptors (Lipinski definition) is 3. The first-order valence-corrected chi connectivity index (χ1v) is 9.13. The van der Waals surface area contributed by atoms with E-state index >= 15 is 0 Å². The molecule has 0 aromatic rings. The zero-order valence-electron chi connectivity index (χ0n) is 14.9. The summed E-state index contributed by atoms with van der Waals surface area (Å²) >= 11 is 0. The van der Waals surface area contributed by atoms with Crippen LogP contribution in [0.15, 0.2) is 0 Å². The number of nitrogens with one attached hydrogen (secondary N) is 1. The molecule has 128 valence electrons. The molecule has 0 bridgehead atoms. The quantitative estimate of drug-likeness (QED) is 0.836. The molecule has 2 rings (SSSR count). The molecule has 0 spiro atoms. The van der Waals surface area contributed by atoms with E-state index in [9.17, 15) is 4.79 Å². The Morgan fingerprint density at radius 3 is 2.68 bits per heavy atom. The van der Waals surface area contributed by atoms with Crippen LogP contribution in [0, 0.1) is 5.92 Å². The maximum atomic E-state index is 12.3. The van der Waals surface area contributed by atoms with E-state index in [1.807, 2.05) is 25.7 Å². The third-order valence-corrected chi connectivity index (χ3v) is 5.07. The van der Waals surface area contributed by atoms with Crippen molar-refractivity contribution in [3.8, 4) is 0 Å². The summed E-state index contributed by atoms with van der Waals surface area (Å²) in [6, 6.07) is 1.05. The van der Waals surface area contributed by atoms with Gasteiger partial charge in [0, 0.05) is 18.6 Å². The predicted octanol–water partition coefficient (Wildman–Crippen LogP) is 3.94. The highest BCUT2D eigenvalue weighted by Crippen LogP contribution is 2.28. The summed E-state index contributed by atoms with van der Waals surface area (Å²) in [5.74, 6) is 0.852. The summed E-state index contributed by atoms with van der Waals surface area (Å²) in [4.78, 5) is 14.2. The Hall–Kier alpha value is -0.770. The van der Waals surface area contributed by atoms with Crippen LogP contribution < -0.4 is 5.32 Å². The maximum Gasteiger partial charge on any atom is 0.410 e. The van der Waals surface area contributed by atoms with Crippen LogP contribution in [-0.4, -0.2) is 41.8 Å². The van der Waals surface area contributed by atoms with Gasteiger partial charge in [0.05, 0.1) is 0 Å². The van der Waals surface area contributed by atoms with E-state index in [0.717, 1.165) is 38.3 Å². The third kappa shape index (κ3) is 4.87. The lowest BCUT2D eigenvalue weighted by Crippen LogP contribution is -2.42. The number of likely N-dealkylation sites (tertiary alicyclic amines) is 1. The number of carbonyl (C=O) groups is 1. The normalized spacial score (nSPS) is 29.1. The van der Waals surface area contributed by atoms with Crippen molar-refractivity contribution in [2.75, 3.05) is 13.1 Å². The second-order valence-electron chi connectivity index (χ2n) is 7.92. The van der Waals surface area contributed by atoms with Crippen LogP contribution in [0.25, 0.3) is 0 Å². The minimum Gasteiger partial charge on any atom is -0.444 e. The molecule has 1 heterocycles. The molecule has 0 radical (unpaired) electrons. The number of ether oxygens (including phenoxy) is 1. The van der Waals surface area contributed by atoms with Crippen molar-refractivity contribution in [2.24, 2.45) is 5.92 Å². The van der Waals surface area contributed by atoms with Crippen molar-refractivity contribution in [1.82, 2.24) is 10.2 Å². The average Bonchev–Trinajstić information content (AvgIpc) is 3.05. The van der Waals surface area contributed by atoms with Gasteiger partial charge in [-0.15, -0.1) is 0 Å². The second-order valence-corrected chi connectivity index (χ2v) is 7.92. The smallest absolute Gasteiger partial charge is 0.410 e. The third-order valence-electron chi connectivity index (χ3n) is 5.07. The van der Waals surface area contributed by atoms with Crippen molar-refractivity contribution < 1.29 is 9.53 Å². The highest BCUT2D eigenvalue weighted by molar-refractivity contribution is 5.68. The van der Waals surface area contributed by atoms with Crippen molar-refractivity contribution >= 4 is 6.09 Å². The van der Waals surface area contributed by atoms with Gasteiger partial charge in [-0.25, -0.2) is 4.79 Å². The zero-order chi connectivity index (χ0) is 16.2. The summed E-state index contributed by atoms with van der Waals surface area (Å²) in [6.45, 7) is 9.96. The molecular formula is C18H34N2O2. The van der Waals surface area contributed by atoms with Crippen LogP contribution in [-0.2, 0) is 4.74 Å². The fraction of sp³-hybridized carbons (Fsp3) is 0.944. The molecule has 1 amide bonds. The van der Waals surface area contributed by atoms with Gasteiger partial charge < -0.3 is 15.0 Å². The number of amides is 1. The molecule has 1 saturated carbocycles. The minimum absolute atomic E-state index is 0.137. The van der Waals surface area contributed by atoms with Gasteiger partial charge in [-0.3, -0.25) is 0 Å². The molecule has 4 heteroatoms. The largest absolute Gasteiger partial charge is 0.444 e. The van der Waals surface area contributed by atoms with Crippen molar-refractivity contribution in [3.63, 3.8) is 0 Å². The van der Waals surface area contributed by atoms with Gasteiger partial charge >= 0.3 is 6.09 Å². The van der Waals surface area contributed by atoms with Crippen LogP contribution >= 0.6 is 0 Å². The van der Waals surface area contributed by atoms with Gasteiger partial charge in [0.2, 0.25) is 0 Å². The monoisotopic (exact) mass is 310 g/mol. The van der Waals surface area contributed by atoms with Crippen LogP contribution in [0.4, 0.5) is 4.79 Å². The molecule has 0 aromatic carbocycles. The average molecular weight is 310 g/mol. The molecule has 3 unspecified atom stereocenters. The molecule has 1 saturated heterocycles. The standard InChI is InChI=1S/C18H34N2O2/c1-5-14-8-6-10-16(14)19-12-11-15-9-7-13-20(15)17(21)22-18(2,3)4/h14-16,19H,5-13H2,1-4H3. The number of hydrogen-bond donors (Lipinski definition) is 1. The van der Waals surface area contributed by atoms with E-state index in [0.29, 0.717) is 12.1 Å². The first kappa shape index (κ1) is 17.6. The lowest BCUT2D eigenvalue weighted by Gasteiger charge is -2.29. The number of rotatable bonds is 5. The Kier molecular flexibility index (Phi) is 6.13. The molecule has 2 fully saturated rings. The van der Waals surface area contributed by atoms with Gasteiger partial charge in [-0.1, -0.05) is 19.8 Å². The lowest BCUT2D eigenvalue weighted by atomic mass is 10.0. The Labute approximate surface area is 136 Å². The van der Waals surface area contributed by atoms with Crippen LogP contribution in [0.5, 0.6) is 0 Å². The van der Waals surface area contributed by atoms with Crippen molar-refractivity contribution in [3.05, 3.63) is 0 Å². The zero-order valence-corrected chi connectivity index (χ0v) is 14.9. The van der Waals surface area contributed by atoms with Gasteiger partial charge in [0.1, 0.15) is 5.60 Å². The second kappa shape index (κ2) is 7.67. The Balaban J connectivity index is 1.75. The first-order chi connectivity index (χ1) is 10.4. The Morgan fingerprint density at radius 2 is 2.00 bits per heavy atom. The fourth-order valence-electron chi connectivity index (χ4n) is 3.93. The molecule has 1 aliphatic heterocycles. The molecule has 3 atom stereocenters. The van der Waals surface area contributed by atoms with Gasteiger partial charge in [-0.05, 0) is 65.3 Å². The van der Waals surface area contributed by atoms with Crippen molar-refractivity contribution in [2.45, 2.75) is 90.3 Å². The van der Waals surface area contributed by atoms with Crippen molar-refractivity contribution in [1.29, 1.82) is 0 Å². The fourth-order valence-corrected chi connectivity index (χ4v) is 3.93. The van der Waals surface area contributed by atoms with Crippen LogP contribution in [0.2, 0.25) is 0 Å². The van der Waals surface area contributed by atoms with Gasteiger partial charge in [0.25, 0.3) is 0 Å². The van der Waals surface area contributed by atoms with Gasteiger partial charge in [-0.2, -0.15) is 0 Å². The van der Waals surface area contributed by atoms with E-state index in [-0.39, 0.29) is 6.09 Å². The number of carbonyl (C=O) groups excluding carboxylic acids is 1. The lowest BCUT2D eigenvalue weighted by molar-refractivity contribution is 0.0220. The topological polar surface area (TPSA) is 41.6 Å². The summed E-state index contributed by atoms with van der Waals surface area (Å²) in [5, 5.41) is 3.74. The summed E-state index contributed by atoms with van der Waals surface area (Å²) in [6.07, 6.45) is 8.47. The maximum absolute atomic E-state index is 12.3. The predicted molar refractivity (Wildman–Crippen MR) is 90.0 cm³/mol. The van der Waals surface area contributed by atoms with Gasteiger partial charge in [0.15, 0.2) is 0 Å². The molecule has 2 aliphatic rings. The van der Waals surface area contributed by atoms with E-state index in [1.165, 1.54) is 25.7 Å². The van der Waals surface area contributed by atoms with Crippen LogP contribution in [0.1, 0.15) is 72.6 Å². The van der Waals surface area contributed by atoms with E-state index in [2.05, 4.69) is 12.2 Å². The molecule has 1 N–H and O–H groups in total. The van der Waals surface area contributed by atoms with E-state index in [4.69, 9.17) is 4.74 Å². The molecular weight excluding hydrogens is 276 g/mol. The Bertz CT molecular complexity index is 365. The summed E-state index contributed by atoms with van der Waals surface area (Å²) in [5.41, 5.74) is -0.402. The first-order valence-electron chi connectivity index (χ1n) is 9.13. The molecule has 4 nitrogen and oxygen atoms in total. The molecule has 0 aromatic heterocycles. The SMILES string of the molecule is CCC1CCCC1NCCC1CCCN1C(=O)OC(C)(C)C. The number of nitrogens with zero attached hydrogens (tertiary/aromatic N) is 1. The summed E-state index contributed by atoms with van der Waals surface area (Å²) in [7, 11) is 0. The molecule has 22 heavy (non-hydrogen) atoms. The summed E-state index contributed by atoms with van der Waals surface area (Å²) < 4.78 is 5.53. The van der Waals surface area contributed by atoms with Crippen LogP contribution in [0.3, 0.4) is 0 Å². The highest BCUT2D eigenvalue weighted by Gasteiger charge is 2.32.